The van der Waals surface area contributed by atoms with Gasteiger partial charge in [-0.1, -0.05) is 15.9 Å². The zero-order valence-corrected chi connectivity index (χ0v) is 18.8. The minimum absolute atomic E-state index is 0.00430. The van der Waals surface area contributed by atoms with Crippen LogP contribution in [0.1, 0.15) is 16.7 Å². The molecule has 6 nitrogen and oxygen atoms in total. The molecule has 0 radical (unpaired) electrons. The third-order valence-corrected chi connectivity index (χ3v) is 6.17. The number of aromatic nitrogens is 1. The average Bonchev–Trinajstić information content (AvgIpc) is 3.25. The smallest absolute Gasteiger partial charge is 0.264 e. The number of carbonyl (C=O) groups excluding carboxylic acids is 2. The van der Waals surface area contributed by atoms with Crippen LogP contribution in [0.15, 0.2) is 34.8 Å². The fourth-order valence-electron chi connectivity index (χ4n) is 2.38. The van der Waals surface area contributed by atoms with Gasteiger partial charge in [-0.2, -0.15) is 0 Å². The number of nitrogens with one attached hydrogen (secondary N) is 2. The van der Waals surface area contributed by atoms with E-state index in [0.717, 1.165) is 20.3 Å². The molecule has 2 N–H and O–H groups in total. The molecule has 0 atom stereocenters. The molecular formula is C19H17BrFN3O3S2. The van der Waals surface area contributed by atoms with E-state index >= 15 is 0 Å². The molecule has 3 rings (SSSR count). The number of thiazole rings is 1. The molecule has 0 aliphatic heterocycles. The molecule has 0 spiro atoms. The molecule has 0 bridgehead atoms. The zero-order valence-electron chi connectivity index (χ0n) is 15.5. The van der Waals surface area contributed by atoms with Gasteiger partial charge in [-0.3, -0.25) is 14.9 Å². The quantitative estimate of drug-likeness (QED) is 0.494. The van der Waals surface area contributed by atoms with Gasteiger partial charge in [-0.25, -0.2) is 9.37 Å². The number of benzene rings is 1. The summed E-state index contributed by atoms with van der Waals surface area (Å²) in [4.78, 5) is 30.6. The molecule has 0 saturated carbocycles. The van der Waals surface area contributed by atoms with Crippen LogP contribution >= 0.6 is 38.6 Å². The molecule has 2 amide bonds. The Morgan fingerprint density at radius 2 is 2.03 bits per heavy atom. The molecule has 2 aromatic heterocycles. The number of halogens is 2. The van der Waals surface area contributed by atoms with Gasteiger partial charge >= 0.3 is 0 Å². The molecule has 0 aliphatic rings. The Bertz CT molecular complexity index is 1050. The third-order valence-electron chi connectivity index (χ3n) is 3.70. The molecule has 0 fully saturated rings. The number of hydrogen-bond donors (Lipinski definition) is 2. The molecule has 1 aromatic carbocycles. The number of ether oxygens (including phenoxy) is 1. The number of nitrogens with zero attached hydrogens (tertiary/aromatic N) is 1. The topological polar surface area (TPSA) is 80.3 Å². The van der Waals surface area contributed by atoms with Gasteiger partial charge in [-0.05, 0) is 37.3 Å². The van der Waals surface area contributed by atoms with Crippen LogP contribution in [0.3, 0.4) is 0 Å². The van der Waals surface area contributed by atoms with Gasteiger partial charge in [0.15, 0.2) is 23.3 Å². The second kappa shape index (κ2) is 9.47. The van der Waals surface area contributed by atoms with Crippen molar-refractivity contribution in [1.82, 2.24) is 10.3 Å². The Labute approximate surface area is 183 Å². The van der Waals surface area contributed by atoms with Crippen LogP contribution < -0.4 is 15.4 Å². The maximum Gasteiger partial charge on any atom is 0.264 e. The van der Waals surface area contributed by atoms with Crippen LogP contribution in [0.2, 0.25) is 0 Å². The highest BCUT2D eigenvalue weighted by Gasteiger charge is 2.15. The summed E-state index contributed by atoms with van der Waals surface area (Å²) in [7, 11) is 0. The fraction of sp³-hybridized carbons (Fsp3) is 0.211. The summed E-state index contributed by atoms with van der Waals surface area (Å²) in [6, 6.07) is 8.23. The predicted octanol–water partition coefficient (Wildman–Crippen LogP) is 4.74. The molecule has 29 heavy (non-hydrogen) atoms. The molecule has 10 heteroatoms. The second-order valence-electron chi connectivity index (χ2n) is 6.01. The standard InChI is InChI=1S/C19H17BrFN3O3S2/c1-10-18(16-6-4-13(29-16)8-22-11(2)25)24-19(28-10)23-17(26)9-27-15-5-3-12(20)7-14(15)21/h3-7H,8-9H2,1-2H3,(H,22,25)(H,23,24,26). The number of amides is 2. The first-order valence-electron chi connectivity index (χ1n) is 8.50. The lowest BCUT2D eigenvalue weighted by atomic mass is 10.3. The normalized spacial score (nSPS) is 10.6. The van der Waals surface area contributed by atoms with Gasteiger partial charge in [-0.15, -0.1) is 22.7 Å². The lowest BCUT2D eigenvalue weighted by Crippen LogP contribution is -2.20. The van der Waals surface area contributed by atoms with Gasteiger partial charge < -0.3 is 10.1 Å². The summed E-state index contributed by atoms with van der Waals surface area (Å²) < 4.78 is 19.6. The Morgan fingerprint density at radius 1 is 1.24 bits per heavy atom. The first-order chi connectivity index (χ1) is 13.8. The summed E-state index contributed by atoms with van der Waals surface area (Å²) in [6.07, 6.45) is 0. The molecule has 0 unspecified atom stereocenters. The fourth-order valence-corrected chi connectivity index (χ4v) is 4.62. The van der Waals surface area contributed by atoms with E-state index in [1.54, 1.807) is 6.07 Å². The van der Waals surface area contributed by atoms with Crippen LogP contribution in [0.4, 0.5) is 9.52 Å². The van der Waals surface area contributed by atoms with Crippen molar-refractivity contribution >= 4 is 55.5 Å². The maximum absolute atomic E-state index is 13.8. The highest BCUT2D eigenvalue weighted by molar-refractivity contribution is 9.10. The Balaban J connectivity index is 1.61. The lowest BCUT2D eigenvalue weighted by molar-refractivity contribution is -0.119. The molecule has 152 valence electrons. The molecule has 0 aliphatic carbocycles. The van der Waals surface area contributed by atoms with E-state index in [2.05, 4.69) is 31.5 Å². The van der Waals surface area contributed by atoms with Gasteiger partial charge in [0.25, 0.3) is 5.91 Å². The number of hydrogen-bond acceptors (Lipinski definition) is 6. The minimum Gasteiger partial charge on any atom is -0.481 e. The molecular weight excluding hydrogens is 481 g/mol. The van der Waals surface area contributed by atoms with Crippen molar-refractivity contribution in [2.45, 2.75) is 20.4 Å². The van der Waals surface area contributed by atoms with Crippen molar-refractivity contribution in [3.05, 3.63) is 50.4 Å². The molecule has 0 saturated heterocycles. The van der Waals surface area contributed by atoms with Crippen molar-refractivity contribution in [1.29, 1.82) is 0 Å². The van der Waals surface area contributed by atoms with Gasteiger partial charge in [0.2, 0.25) is 5.91 Å². The van der Waals surface area contributed by atoms with Crippen molar-refractivity contribution in [3.8, 4) is 16.3 Å². The van der Waals surface area contributed by atoms with Crippen LogP contribution in [0.5, 0.6) is 5.75 Å². The predicted molar refractivity (Wildman–Crippen MR) is 116 cm³/mol. The number of thiophene rings is 1. The van der Waals surface area contributed by atoms with Gasteiger partial charge in [0, 0.05) is 21.2 Å². The Kier molecular flexibility index (Phi) is 6.99. The van der Waals surface area contributed by atoms with Gasteiger partial charge in [0.1, 0.15) is 0 Å². The zero-order chi connectivity index (χ0) is 21.0. The van der Waals surface area contributed by atoms with E-state index < -0.39 is 11.7 Å². The van der Waals surface area contributed by atoms with E-state index in [9.17, 15) is 14.0 Å². The van der Waals surface area contributed by atoms with Crippen LogP contribution in [0.25, 0.3) is 10.6 Å². The monoisotopic (exact) mass is 497 g/mol. The molecule has 3 aromatic rings. The van der Waals surface area contributed by atoms with E-state index in [-0.39, 0.29) is 18.3 Å². The first kappa shape index (κ1) is 21.4. The SMILES string of the molecule is CC(=O)NCc1ccc(-c2nc(NC(=O)COc3ccc(Br)cc3F)sc2C)s1. The summed E-state index contributed by atoms with van der Waals surface area (Å²) in [5, 5.41) is 5.88. The highest BCUT2D eigenvalue weighted by atomic mass is 79.9. The first-order valence-corrected chi connectivity index (χ1v) is 10.9. The number of carbonyl (C=O) groups is 2. The largest absolute Gasteiger partial charge is 0.481 e. The minimum atomic E-state index is -0.549. The van der Waals surface area contributed by atoms with Crippen molar-refractivity contribution in [2.75, 3.05) is 11.9 Å². The van der Waals surface area contributed by atoms with Crippen molar-refractivity contribution < 1.29 is 18.7 Å². The highest BCUT2D eigenvalue weighted by Crippen LogP contribution is 2.34. The van der Waals surface area contributed by atoms with Gasteiger partial charge in [0.05, 0.1) is 17.1 Å². The summed E-state index contributed by atoms with van der Waals surface area (Å²) >= 11 is 6.05. The van der Waals surface area contributed by atoms with Crippen LogP contribution in [-0.2, 0) is 16.1 Å². The summed E-state index contributed by atoms with van der Waals surface area (Å²) in [6.45, 7) is 3.54. The van der Waals surface area contributed by atoms with E-state index in [0.29, 0.717) is 16.1 Å². The molecule has 2 heterocycles. The third kappa shape index (κ3) is 5.84. The Morgan fingerprint density at radius 3 is 2.76 bits per heavy atom. The van der Waals surface area contributed by atoms with Crippen LogP contribution in [0, 0.1) is 12.7 Å². The Hall–Kier alpha value is -2.30. The van der Waals surface area contributed by atoms with E-state index in [1.165, 1.54) is 41.7 Å². The number of anilines is 1. The van der Waals surface area contributed by atoms with Crippen molar-refractivity contribution in [2.24, 2.45) is 0 Å². The number of rotatable bonds is 7. The van der Waals surface area contributed by atoms with E-state index in [4.69, 9.17) is 4.74 Å². The summed E-state index contributed by atoms with van der Waals surface area (Å²) in [5.74, 6) is -1.05. The van der Waals surface area contributed by atoms with E-state index in [1.807, 2.05) is 19.1 Å². The second-order valence-corrected chi connectivity index (χ2v) is 9.30. The maximum atomic E-state index is 13.8. The average molecular weight is 498 g/mol. The van der Waals surface area contributed by atoms with Crippen molar-refractivity contribution in [3.63, 3.8) is 0 Å². The van der Waals surface area contributed by atoms with Crippen LogP contribution in [-0.4, -0.2) is 23.4 Å². The summed E-state index contributed by atoms with van der Waals surface area (Å²) in [5.41, 5.74) is 0.782. The number of aryl methyl sites for hydroxylation is 1. The lowest BCUT2D eigenvalue weighted by Gasteiger charge is -2.07.